The second kappa shape index (κ2) is 9.38. The summed E-state index contributed by atoms with van der Waals surface area (Å²) in [5.74, 6) is -0.803. The number of anilines is 1. The van der Waals surface area contributed by atoms with Gasteiger partial charge < -0.3 is 25.5 Å². The summed E-state index contributed by atoms with van der Waals surface area (Å²) < 4.78 is 47.5. The molecule has 2 aliphatic rings. The van der Waals surface area contributed by atoms with Crippen molar-refractivity contribution in [2.45, 2.75) is 19.3 Å². The molecule has 1 unspecified atom stereocenters. The standard InChI is InChI=1S/C22H24ClF3N4O3/c1-12-18(21(32)27-4-5-30-6-8-33-9-7-30)19(22(24,25)26)17(28-12)11-15-14-10-13(23)2-3-16(14)29-20(15)31/h2-3,10-11,20,28-29,31H,4-9H2,1H3,(H,27,32)/b15-11-. The van der Waals surface area contributed by atoms with Gasteiger partial charge in [-0.1, -0.05) is 11.6 Å². The largest absolute Gasteiger partial charge is 0.419 e. The van der Waals surface area contributed by atoms with Crippen molar-refractivity contribution in [1.29, 1.82) is 0 Å². The fourth-order valence-corrected chi connectivity index (χ4v) is 4.31. The zero-order valence-corrected chi connectivity index (χ0v) is 18.6. The minimum atomic E-state index is -4.79. The number of hydrogen-bond donors (Lipinski definition) is 4. The first kappa shape index (κ1) is 23.6. The molecular formula is C22H24ClF3N4O3. The fourth-order valence-electron chi connectivity index (χ4n) is 4.14. The van der Waals surface area contributed by atoms with Crippen LogP contribution in [-0.2, 0) is 10.9 Å². The second-order valence-corrected chi connectivity index (χ2v) is 8.39. The number of alkyl halides is 3. The van der Waals surface area contributed by atoms with Gasteiger partial charge in [-0.2, -0.15) is 13.2 Å². The Kier molecular flexibility index (Phi) is 6.71. The van der Waals surface area contributed by atoms with E-state index >= 15 is 0 Å². The van der Waals surface area contributed by atoms with Crippen LogP contribution in [0.5, 0.6) is 0 Å². The fraction of sp³-hybridized carbons (Fsp3) is 0.409. The topological polar surface area (TPSA) is 89.6 Å². The Morgan fingerprint density at radius 3 is 2.79 bits per heavy atom. The van der Waals surface area contributed by atoms with Crippen LogP contribution < -0.4 is 10.6 Å². The molecule has 2 aromatic rings. The highest BCUT2D eigenvalue weighted by molar-refractivity contribution is 6.31. The number of nitrogens with one attached hydrogen (secondary N) is 3. The number of aliphatic hydroxyl groups excluding tert-OH is 1. The van der Waals surface area contributed by atoms with Gasteiger partial charge in [0, 0.05) is 53.7 Å². The summed E-state index contributed by atoms with van der Waals surface area (Å²) in [5, 5.41) is 16.1. The number of aryl methyl sites for hydroxylation is 1. The third-order valence-corrected chi connectivity index (χ3v) is 5.96. The average Bonchev–Trinajstić information content (AvgIpc) is 3.25. The molecule has 11 heteroatoms. The molecule has 1 atom stereocenters. The Bertz CT molecular complexity index is 1080. The van der Waals surface area contributed by atoms with E-state index in [9.17, 15) is 23.1 Å². The maximum Gasteiger partial charge on any atom is 0.419 e. The first-order valence-electron chi connectivity index (χ1n) is 10.5. The minimum absolute atomic E-state index is 0.0878. The maximum atomic E-state index is 14.1. The van der Waals surface area contributed by atoms with Gasteiger partial charge in [-0.05, 0) is 31.2 Å². The third-order valence-electron chi connectivity index (χ3n) is 5.72. The number of carbonyl (C=O) groups excluding carboxylic acids is 1. The number of nitrogens with zero attached hydrogens (tertiary/aromatic N) is 1. The summed E-state index contributed by atoms with van der Waals surface area (Å²) >= 11 is 6.03. The monoisotopic (exact) mass is 484 g/mol. The molecule has 7 nitrogen and oxygen atoms in total. The normalized spacial score (nSPS) is 20.1. The second-order valence-electron chi connectivity index (χ2n) is 7.96. The molecule has 0 aliphatic carbocycles. The quantitative estimate of drug-likeness (QED) is 0.523. The highest BCUT2D eigenvalue weighted by Crippen LogP contribution is 2.41. The van der Waals surface area contributed by atoms with Gasteiger partial charge in [0.2, 0.25) is 0 Å². The van der Waals surface area contributed by atoms with Crippen LogP contribution in [0.15, 0.2) is 18.2 Å². The number of benzene rings is 1. The number of amides is 1. The zero-order valence-electron chi connectivity index (χ0n) is 17.9. The van der Waals surface area contributed by atoms with Gasteiger partial charge in [0.05, 0.1) is 30.0 Å². The number of carbonyl (C=O) groups is 1. The summed E-state index contributed by atoms with van der Waals surface area (Å²) in [6, 6.07) is 4.82. The lowest BCUT2D eigenvalue weighted by Crippen LogP contribution is -2.41. The van der Waals surface area contributed by atoms with E-state index in [1.807, 2.05) is 0 Å². The number of morpholine rings is 1. The Balaban J connectivity index is 1.63. The summed E-state index contributed by atoms with van der Waals surface area (Å²) in [7, 11) is 0. The summed E-state index contributed by atoms with van der Waals surface area (Å²) in [6.45, 7) is 4.77. The smallest absolute Gasteiger partial charge is 0.379 e. The molecule has 33 heavy (non-hydrogen) atoms. The molecule has 1 fully saturated rings. The van der Waals surface area contributed by atoms with Gasteiger partial charge in [0.1, 0.15) is 0 Å². The van der Waals surface area contributed by atoms with Crippen LogP contribution in [0.25, 0.3) is 11.6 Å². The lowest BCUT2D eigenvalue weighted by molar-refractivity contribution is -0.138. The predicted octanol–water partition coefficient (Wildman–Crippen LogP) is 3.34. The van der Waals surface area contributed by atoms with Crippen LogP contribution in [-0.4, -0.2) is 66.5 Å². The Hall–Kier alpha value is -2.53. The number of aromatic nitrogens is 1. The van der Waals surface area contributed by atoms with Crippen molar-refractivity contribution in [3.63, 3.8) is 0 Å². The van der Waals surface area contributed by atoms with Gasteiger partial charge in [0.25, 0.3) is 5.91 Å². The van der Waals surface area contributed by atoms with Crippen molar-refractivity contribution >= 4 is 34.8 Å². The van der Waals surface area contributed by atoms with Gasteiger partial charge in [-0.3, -0.25) is 9.69 Å². The first-order valence-corrected chi connectivity index (χ1v) is 10.9. The van der Waals surface area contributed by atoms with E-state index in [0.717, 1.165) is 0 Å². The van der Waals surface area contributed by atoms with E-state index in [2.05, 4.69) is 20.5 Å². The van der Waals surface area contributed by atoms with Gasteiger partial charge >= 0.3 is 6.18 Å². The number of aliphatic hydroxyl groups is 1. The van der Waals surface area contributed by atoms with Crippen molar-refractivity contribution < 1.29 is 27.8 Å². The highest BCUT2D eigenvalue weighted by Gasteiger charge is 2.40. The number of rotatable bonds is 5. The number of fused-ring (bicyclic) bond motifs is 1. The number of hydrogen-bond acceptors (Lipinski definition) is 5. The van der Waals surface area contributed by atoms with Crippen LogP contribution in [0.3, 0.4) is 0 Å². The molecule has 4 rings (SSSR count). The SMILES string of the molecule is Cc1[nH]c(/C=C2/c3cc(Cl)ccc3NC2O)c(C(F)(F)F)c1C(=O)NCCN1CCOCC1. The van der Waals surface area contributed by atoms with Crippen LogP contribution in [0, 0.1) is 6.92 Å². The number of ether oxygens (including phenoxy) is 1. The van der Waals surface area contributed by atoms with E-state index in [0.29, 0.717) is 49.1 Å². The molecule has 1 saturated heterocycles. The molecule has 178 valence electrons. The molecule has 3 heterocycles. The third kappa shape index (κ3) is 5.03. The molecule has 1 aromatic heterocycles. The van der Waals surface area contributed by atoms with E-state index in [1.54, 1.807) is 18.2 Å². The van der Waals surface area contributed by atoms with E-state index in [-0.39, 0.29) is 23.5 Å². The van der Waals surface area contributed by atoms with Crippen LogP contribution in [0.2, 0.25) is 5.02 Å². The van der Waals surface area contributed by atoms with Crippen molar-refractivity contribution in [2.24, 2.45) is 0 Å². The summed E-state index contributed by atoms with van der Waals surface area (Å²) in [6.07, 6.45) is -4.79. The van der Waals surface area contributed by atoms with Crippen LogP contribution >= 0.6 is 11.6 Å². The number of halogens is 4. The lowest BCUT2D eigenvalue weighted by Gasteiger charge is -2.26. The maximum absolute atomic E-state index is 14.1. The van der Waals surface area contributed by atoms with E-state index in [4.69, 9.17) is 16.3 Å². The molecule has 1 amide bonds. The van der Waals surface area contributed by atoms with Crippen LogP contribution in [0.4, 0.5) is 18.9 Å². The van der Waals surface area contributed by atoms with Crippen molar-refractivity contribution in [2.75, 3.05) is 44.7 Å². The number of H-pyrrole nitrogens is 1. The highest BCUT2D eigenvalue weighted by atomic mass is 35.5. The Morgan fingerprint density at radius 1 is 1.36 bits per heavy atom. The molecule has 1 aromatic carbocycles. The minimum Gasteiger partial charge on any atom is -0.379 e. The van der Waals surface area contributed by atoms with Crippen molar-refractivity contribution in [3.05, 3.63) is 51.3 Å². The zero-order chi connectivity index (χ0) is 23.8. The van der Waals surface area contributed by atoms with Gasteiger partial charge in [-0.25, -0.2) is 0 Å². The number of aromatic amines is 1. The summed E-state index contributed by atoms with van der Waals surface area (Å²) in [5.41, 5.74) is -0.476. The molecule has 0 saturated carbocycles. The first-order chi connectivity index (χ1) is 15.6. The summed E-state index contributed by atoms with van der Waals surface area (Å²) in [4.78, 5) is 17.5. The van der Waals surface area contributed by atoms with Crippen molar-refractivity contribution in [3.8, 4) is 0 Å². The Labute approximate surface area is 193 Å². The molecule has 2 aliphatic heterocycles. The van der Waals surface area contributed by atoms with E-state index in [1.165, 1.54) is 13.0 Å². The molecular weight excluding hydrogens is 461 g/mol. The molecule has 0 spiro atoms. The van der Waals surface area contributed by atoms with Crippen LogP contribution in [0.1, 0.15) is 32.9 Å². The van der Waals surface area contributed by atoms with Gasteiger partial charge in [-0.15, -0.1) is 0 Å². The lowest BCUT2D eigenvalue weighted by atomic mass is 10.0. The Morgan fingerprint density at radius 2 is 2.09 bits per heavy atom. The molecule has 4 N–H and O–H groups in total. The average molecular weight is 485 g/mol. The van der Waals surface area contributed by atoms with Crippen molar-refractivity contribution in [1.82, 2.24) is 15.2 Å². The molecule has 0 radical (unpaired) electrons. The van der Waals surface area contributed by atoms with E-state index < -0.39 is 29.4 Å². The van der Waals surface area contributed by atoms with Gasteiger partial charge in [0.15, 0.2) is 6.23 Å². The molecule has 0 bridgehead atoms. The predicted molar refractivity (Wildman–Crippen MR) is 119 cm³/mol.